The number of halogens is 1. The Balaban J connectivity index is 2.14. The number of amides is 1. The molecule has 0 bridgehead atoms. The second kappa shape index (κ2) is 6.01. The quantitative estimate of drug-likeness (QED) is 0.900. The molecule has 1 heterocycles. The van der Waals surface area contributed by atoms with Crippen LogP contribution in [0, 0.1) is 5.82 Å². The highest BCUT2D eigenvalue weighted by molar-refractivity contribution is 6.03. The lowest BCUT2D eigenvalue weighted by atomic mass is 10.2. The fourth-order valence-corrected chi connectivity index (χ4v) is 1.61. The van der Waals surface area contributed by atoms with Crippen LogP contribution in [0.4, 0.5) is 15.8 Å². The summed E-state index contributed by atoms with van der Waals surface area (Å²) in [5, 5.41) is 5.54. The highest BCUT2D eigenvalue weighted by Crippen LogP contribution is 2.21. The maximum absolute atomic E-state index is 13.3. The van der Waals surface area contributed by atoms with Gasteiger partial charge in [-0.15, -0.1) is 0 Å². The molecule has 0 saturated heterocycles. The van der Waals surface area contributed by atoms with Gasteiger partial charge in [-0.1, -0.05) is 0 Å². The summed E-state index contributed by atoms with van der Waals surface area (Å²) in [5.74, 6) is -0.787. The predicted molar refractivity (Wildman–Crippen MR) is 74.7 cm³/mol. The number of hydrogen-bond acceptors (Lipinski definition) is 4. The van der Waals surface area contributed by atoms with Crippen molar-refractivity contribution in [1.29, 1.82) is 0 Å². The Kier molecular flexibility index (Phi) is 4.14. The Bertz CT molecular complexity index is 614. The van der Waals surface area contributed by atoms with Crippen LogP contribution in [-0.4, -0.2) is 25.0 Å². The van der Waals surface area contributed by atoms with Crippen molar-refractivity contribution in [3.8, 4) is 5.75 Å². The average molecular weight is 275 g/mol. The molecule has 0 unspecified atom stereocenters. The van der Waals surface area contributed by atoms with Gasteiger partial charge in [0.25, 0.3) is 5.91 Å². The number of benzene rings is 1. The molecule has 2 aromatic rings. The van der Waals surface area contributed by atoms with Gasteiger partial charge in [-0.2, -0.15) is 0 Å². The van der Waals surface area contributed by atoms with E-state index in [4.69, 9.17) is 4.74 Å². The molecule has 1 aromatic heterocycles. The predicted octanol–water partition coefficient (Wildman–Crippen LogP) is 2.52. The molecule has 0 aliphatic rings. The van der Waals surface area contributed by atoms with Crippen molar-refractivity contribution < 1.29 is 13.9 Å². The summed E-state index contributed by atoms with van der Waals surface area (Å²) in [6.45, 7) is 0. The Morgan fingerprint density at radius 3 is 2.60 bits per heavy atom. The lowest BCUT2D eigenvalue weighted by Gasteiger charge is -2.08. The Hall–Kier alpha value is -2.63. The first-order valence-electron chi connectivity index (χ1n) is 5.92. The Morgan fingerprint density at radius 1 is 1.25 bits per heavy atom. The highest BCUT2D eigenvalue weighted by atomic mass is 19.1. The van der Waals surface area contributed by atoms with Gasteiger partial charge in [0.2, 0.25) is 0 Å². The van der Waals surface area contributed by atoms with Gasteiger partial charge >= 0.3 is 0 Å². The Morgan fingerprint density at radius 2 is 2.00 bits per heavy atom. The number of methoxy groups -OCH3 is 1. The van der Waals surface area contributed by atoms with Crippen LogP contribution in [0.3, 0.4) is 0 Å². The van der Waals surface area contributed by atoms with E-state index < -0.39 is 5.82 Å². The molecule has 0 aliphatic heterocycles. The molecule has 0 spiro atoms. The zero-order valence-corrected chi connectivity index (χ0v) is 11.1. The lowest BCUT2D eigenvalue weighted by Crippen LogP contribution is -2.13. The van der Waals surface area contributed by atoms with Gasteiger partial charge in [0.1, 0.15) is 5.69 Å². The average Bonchev–Trinajstić information content (AvgIpc) is 2.49. The summed E-state index contributed by atoms with van der Waals surface area (Å²) >= 11 is 0. The minimum absolute atomic E-state index is 0.0706. The fourth-order valence-electron chi connectivity index (χ4n) is 1.61. The van der Waals surface area contributed by atoms with Crippen LogP contribution in [0.2, 0.25) is 0 Å². The third-order valence-corrected chi connectivity index (χ3v) is 2.69. The van der Waals surface area contributed by atoms with E-state index in [9.17, 15) is 9.18 Å². The molecule has 0 aliphatic carbocycles. The molecule has 0 atom stereocenters. The number of ether oxygens (including phenoxy) is 1. The summed E-state index contributed by atoms with van der Waals surface area (Å²) in [7, 11) is 3.13. The van der Waals surface area contributed by atoms with E-state index in [0.29, 0.717) is 5.69 Å². The summed E-state index contributed by atoms with van der Waals surface area (Å²) in [6, 6.07) is 7.44. The van der Waals surface area contributed by atoms with Gasteiger partial charge in [0.05, 0.1) is 19.0 Å². The summed E-state index contributed by atoms with van der Waals surface area (Å²) in [4.78, 5) is 16.0. The molecule has 5 nitrogen and oxygen atoms in total. The third kappa shape index (κ3) is 3.03. The molecule has 0 fully saturated rings. The topological polar surface area (TPSA) is 63.2 Å². The maximum atomic E-state index is 13.3. The summed E-state index contributed by atoms with van der Waals surface area (Å²) in [5.41, 5.74) is 1.52. The molecule has 1 aromatic carbocycles. The number of nitrogens with zero attached hydrogens (tertiary/aromatic N) is 1. The van der Waals surface area contributed by atoms with E-state index in [1.165, 1.54) is 25.3 Å². The summed E-state index contributed by atoms with van der Waals surface area (Å²) < 4.78 is 18.1. The van der Waals surface area contributed by atoms with E-state index >= 15 is 0 Å². The molecule has 0 radical (unpaired) electrons. The molecule has 2 N–H and O–H groups in total. The molecule has 6 heteroatoms. The molecular weight excluding hydrogens is 261 g/mol. The normalized spacial score (nSPS) is 9.95. The van der Waals surface area contributed by atoms with Crippen LogP contribution in [0.5, 0.6) is 5.75 Å². The minimum atomic E-state index is -0.484. The fraction of sp³-hybridized carbons (Fsp3) is 0.143. The zero-order valence-electron chi connectivity index (χ0n) is 11.1. The van der Waals surface area contributed by atoms with Crippen molar-refractivity contribution in [3.05, 3.63) is 48.0 Å². The van der Waals surface area contributed by atoms with Crippen LogP contribution >= 0.6 is 0 Å². The molecule has 20 heavy (non-hydrogen) atoms. The van der Waals surface area contributed by atoms with E-state index in [1.807, 2.05) is 0 Å². The van der Waals surface area contributed by atoms with Gasteiger partial charge in [-0.3, -0.25) is 4.79 Å². The first-order chi connectivity index (χ1) is 9.63. The van der Waals surface area contributed by atoms with E-state index in [0.717, 1.165) is 5.69 Å². The number of hydrogen-bond donors (Lipinski definition) is 2. The molecular formula is C14H14FN3O2. The van der Waals surface area contributed by atoms with E-state index in [1.54, 1.807) is 25.4 Å². The standard InChI is InChI=1S/C14H14FN3O2/c1-16-10-4-6-12(17-8-10)14(19)18-9-3-5-11(15)13(7-9)20-2/h3-8,16H,1-2H3,(H,18,19). The molecule has 2 rings (SSSR count). The van der Waals surface area contributed by atoms with E-state index in [-0.39, 0.29) is 17.4 Å². The number of rotatable bonds is 4. The van der Waals surface area contributed by atoms with Crippen molar-refractivity contribution in [3.63, 3.8) is 0 Å². The van der Waals surface area contributed by atoms with Crippen molar-refractivity contribution in [1.82, 2.24) is 4.98 Å². The molecule has 1 amide bonds. The molecule has 0 saturated carbocycles. The monoisotopic (exact) mass is 275 g/mol. The smallest absolute Gasteiger partial charge is 0.274 e. The highest BCUT2D eigenvalue weighted by Gasteiger charge is 2.09. The summed E-state index contributed by atoms with van der Waals surface area (Å²) in [6.07, 6.45) is 1.56. The van der Waals surface area contributed by atoms with Crippen molar-refractivity contribution in [2.45, 2.75) is 0 Å². The van der Waals surface area contributed by atoms with Gasteiger partial charge < -0.3 is 15.4 Å². The van der Waals surface area contributed by atoms with Crippen LogP contribution in [-0.2, 0) is 0 Å². The van der Waals surface area contributed by atoms with E-state index in [2.05, 4.69) is 15.6 Å². The number of carbonyl (C=O) groups is 1. The van der Waals surface area contributed by atoms with Gasteiger partial charge in [-0.25, -0.2) is 9.37 Å². The van der Waals surface area contributed by atoms with Crippen LogP contribution in [0.1, 0.15) is 10.5 Å². The van der Waals surface area contributed by atoms with Gasteiger partial charge in [0.15, 0.2) is 11.6 Å². The van der Waals surface area contributed by atoms with Crippen molar-refractivity contribution in [2.24, 2.45) is 0 Å². The van der Waals surface area contributed by atoms with Gasteiger partial charge in [-0.05, 0) is 24.3 Å². The van der Waals surface area contributed by atoms with Crippen molar-refractivity contribution in [2.75, 3.05) is 24.8 Å². The second-order valence-electron chi connectivity index (χ2n) is 3.99. The van der Waals surface area contributed by atoms with Crippen LogP contribution in [0.25, 0.3) is 0 Å². The number of anilines is 2. The molecule has 104 valence electrons. The van der Waals surface area contributed by atoms with Crippen molar-refractivity contribution >= 4 is 17.3 Å². The first kappa shape index (κ1) is 13.8. The number of aromatic nitrogens is 1. The second-order valence-corrected chi connectivity index (χ2v) is 3.99. The van der Waals surface area contributed by atoms with Crippen LogP contribution < -0.4 is 15.4 Å². The SMILES string of the molecule is CNc1ccc(C(=O)Nc2ccc(F)c(OC)c2)nc1. The minimum Gasteiger partial charge on any atom is -0.494 e. The third-order valence-electron chi connectivity index (χ3n) is 2.69. The number of nitrogens with one attached hydrogen (secondary N) is 2. The lowest BCUT2D eigenvalue weighted by molar-refractivity contribution is 0.102. The number of pyridine rings is 1. The zero-order chi connectivity index (χ0) is 14.5. The van der Waals surface area contributed by atoms with Crippen LogP contribution in [0.15, 0.2) is 36.5 Å². The Labute approximate surface area is 115 Å². The first-order valence-corrected chi connectivity index (χ1v) is 5.92. The van der Waals surface area contributed by atoms with Gasteiger partial charge in [0, 0.05) is 18.8 Å². The largest absolute Gasteiger partial charge is 0.494 e. The maximum Gasteiger partial charge on any atom is 0.274 e. The number of carbonyl (C=O) groups excluding carboxylic acids is 1.